The highest BCUT2D eigenvalue weighted by Crippen LogP contribution is 2.18. The summed E-state index contributed by atoms with van der Waals surface area (Å²) in [5, 5.41) is 3.17. The van der Waals surface area contributed by atoms with Crippen molar-refractivity contribution in [2.45, 2.75) is 25.3 Å². The van der Waals surface area contributed by atoms with E-state index in [0.29, 0.717) is 12.5 Å². The summed E-state index contributed by atoms with van der Waals surface area (Å²) < 4.78 is 1.96. The number of likely N-dealkylation sites (tertiary alicyclic amines) is 1. The molecule has 1 saturated heterocycles. The van der Waals surface area contributed by atoms with Crippen LogP contribution in [0.2, 0.25) is 0 Å². The molecule has 1 amide bonds. The molecule has 22 heavy (non-hydrogen) atoms. The molecule has 0 aromatic carbocycles. The Bertz CT molecular complexity index is 583. The Labute approximate surface area is 142 Å². The zero-order chi connectivity index (χ0) is 13.9. The second-order valence-corrected chi connectivity index (χ2v) is 5.32. The topological polar surface area (TPSA) is 49.6 Å². The third kappa shape index (κ3) is 3.91. The maximum Gasteiger partial charge on any atom is 0.228 e. The number of hydrogen-bond donors (Lipinski definition) is 1. The van der Waals surface area contributed by atoms with Crippen LogP contribution < -0.4 is 5.32 Å². The molecular formula is C15H22Cl2N4O. The van der Waals surface area contributed by atoms with E-state index in [2.05, 4.69) is 10.3 Å². The lowest BCUT2D eigenvalue weighted by Gasteiger charge is -2.24. The number of pyridine rings is 1. The second kappa shape index (κ2) is 8.36. The summed E-state index contributed by atoms with van der Waals surface area (Å²) in [5.74, 6) is 0.186. The number of likely N-dealkylation sites (N-methyl/N-ethyl adjacent to an activating group) is 1. The van der Waals surface area contributed by atoms with E-state index in [-0.39, 0.29) is 30.7 Å². The van der Waals surface area contributed by atoms with E-state index in [1.54, 1.807) is 0 Å². The SMILES string of the molecule is CNCC1CCCN1C(=O)Cc1cn2ccccc2n1.Cl.Cl. The van der Waals surface area contributed by atoms with Gasteiger partial charge in [-0.15, -0.1) is 24.8 Å². The van der Waals surface area contributed by atoms with Gasteiger partial charge in [0, 0.05) is 31.5 Å². The van der Waals surface area contributed by atoms with E-state index in [9.17, 15) is 4.79 Å². The Balaban J connectivity index is 0.00000121. The monoisotopic (exact) mass is 344 g/mol. The number of fused-ring (bicyclic) bond motifs is 1. The molecule has 122 valence electrons. The van der Waals surface area contributed by atoms with Gasteiger partial charge in [0.25, 0.3) is 0 Å². The highest BCUT2D eigenvalue weighted by Gasteiger charge is 2.28. The number of hydrogen-bond acceptors (Lipinski definition) is 3. The molecule has 1 unspecified atom stereocenters. The van der Waals surface area contributed by atoms with E-state index in [1.165, 1.54) is 0 Å². The molecule has 3 rings (SSSR count). The number of rotatable bonds is 4. The molecule has 1 atom stereocenters. The average molecular weight is 345 g/mol. The van der Waals surface area contributed by atoms with Gasteiger partial charge in [-0.1, -0.05) is 6.07 Å². The third-order valence-electron chi connectivity index (χ3n) is 3.88. The Kier molecular flexibility index (Phi) is 7.13. The van der Waals surface area contributed by atoms with Gasteiger partial charge in [0.1, 0.15) is 5.65 Å². The van der Waals surface area contributed by atoms with E-state index >= 15 is 0 Å². The van der Waals surface area contributed by atoms with Crippen LogP contribution in [0.5, 0.6) is 0 Å². The van der Waals surface area contributed by atoms with Crippen LogP contribution in [0, 0.1) is 0 Å². The van der Waals surface area contributed by atoms with Crippen LogP contribution in [0.25, 0.3) is 5.65 Å². The lowest BCUT2D eigenvalue weighted by Crippen LogP contribution is -2.41. The van der Waals surface area contributed by atoms with Crippen LogP contribution >= 0.6 is 24.8 Å². The number of carbonyl (C=O) groups excluding carboxylic acids is 1. The van der Waals surface area contributed by atoms with Gasteiger partial charge < -0.3 is 14.6 Å². The first-order valence-corrected chi connectivity index (χ1v) is 7.14. The third-order valence-corrected chi connectivity index (χ3v) is 3.88. The minimum Gasteiger partial charge on any atom is -0.338 e. The van der Waals surface area contributed by atoms with Gasteiger partial charge in [0.15, 0.2) is 0 Å². The Morgan fingerprint density at radius 2 is 2.23 bits per heavy atom. The summed E-state index contributed by atoms with van der Waals surface area (Å²) in [6.07, 6.45) is 6.48. The standard InChI is InChI=1S/C15H20N4O.2ClH/c1-16-10-13-5-4-8-19(13)15(20)9-12-11-18-7-3-2-6-14(18)17-12;;/h2-3,6-7,11,13,16H,4-5,8-10H2,1H3;2*1H. The van der Waals surface area contributed by atoms with Crippen molar-refractivity contribution < 1.29 is 4.79 Å². The molecule has 1 fully saturated rings. The molecule has 1 aliphatic heterocycles. The number of carbonyl (C=O) groups is 1. The van der Waals surface area contributed by atoms with E-state index in [1.807, 2.05) is 46.9 Å². The number of imidazole rings is 1. The fourth-order valence-electron chi connectivity index (χ4n) is 2.94. The fraction of sp³-hybridized carbons (Fsp3) is 0.467. The van der Waals surface area contributed by atoms with Gasteiger partial charge in [0.05, 0.1) is 12.1 Å². The second-order valence-electron chi connectivity index (χ2n) is 5.32. The summed E-state index contributed by atoms with van der Waals surface area (Å²) in [6, 6.07) is 6.21. The summed E-state index contributed by atoms with van der Waals surface area (Å²) in [6.45, 7) is 1.75. The maximum atomic E-state index is 12.4. The summed E-state index contributed by atoms with van der Waals surface area (Å²) in [7, 11) is 1.93. The normalized spacial score (nSPS) is 17.1. The molecular weight excluding hydrogens is 323 g/mol. The number of nitrogens with one attached hydrogen (secondary N) is 1. The zero-order valence-electron chi connectivity index (χ0n) is 12.6. The van der Waals surface area contributed by atoms with Crippen molar-refractivity contribution >= 4 is 36.4 Å². The largest absolute Gasteiger partial charge is 0.338 e. The van der Waals surface area contributed by atoms with Crippen LogP contribution in [0.15, 0.2) is 30.6 Å². The smallest absolute Gasteiger partial charge is 0.228 e. The number of amides is 1. The van der Waals surface area contributed by atoms with Gasteiger partial charge in [-0.2, -0.15) is 0 Å². The average Bonchev–Trinajstić information content (AvgIpc) is 3.04. The molecule has 5 nitrogen and oxygen atoms in total. The minimum absolute atomic E-state index is 0. The van der Waals surface area contributed by atoms with Gasteiger partial charge in [-0.25, -0.2) is 4.98 Å². The van der Waals surface area contributed by atoms with E-state index in [0.717, 1.165) is 37.3 Å². The Morgan fingerprint density at radius 3 is 2.95 bits per heavy atom. The molecule has 1 aliphatic rings. The summed E-state index contributed by atoms with van der Waals surface area (Å²) in [4.78, 5) is 18.9. The van der Waals surface area contributed by atoms with Crippen LogP contribution in [0.4, 0.5) is 0 Å². The lowest BCUT2D eigenvalue weighted by molar-refractivity contribution is -0.131. The Morgan fingerprint density at radius 1 is 1.41 bits per heavy atom. The van der Waals surface area contributed by atoms with Gasteiger partial charge in [-0.3, -0.25) is 4.79 Å². The van der Waals surface area contributed by atoms with Crippen molar-refractivity contribution in [3.8, 4) is 0 Å². The predicted octanol–water partition coefficient (Wildman–Crippen LogP) is 1.93. The molecule has 0 aliphatic carbocycles. The molecule has 3 heterocycles. The molecule has 2 aromatic rings. The lowest BCUT2D eigenvalue weighted by atomic mass is 10.2. The molecule has 0 saturated carbocycles. The van der Waals surface area contributed by atoms with Crippen LogP contribution in [-0.4, -0.2) is 46.4 Å². The van der Waals surface area contributed by atoms with Crippen molar-refractivity contribution in [3.63, 3.8) is 0 Å². The van der Waals surface area contributed by atoms with Crippen LogP contribution in [-0.2, 0) is 11.2 Å². The van der Waals surface area contributed by atoms with Crippen molar-refractivity contribution in [2.75, 3.05) is 20.1 Å². The van der Waals surface area contributed by atoms with Crippen LogP contribution in [0.1, 0.15) is 18.5 Å². The first-order valence-electron chi connectivity index (χ1n) is 7.14. The molecule has 0 bridgehead atoms. The summed E-state index contributed by atoms with van der Waals surface area (Å²) in [5.41, 5.74) is 1.74. The van der Waals surface area contributed by atoms with Crippen molar-refractivity contribution in [1.29, 1.82) is 0 Å². The van der Waals surface area contributed by atoms with Gasteiger partial charge in [0.2, 0.25) is 5.91 Å². The van der Waals surface area contributed by atoms with Crippen molar-refractivity contribution in [1.82, 2.24) is 19.6 Å². The predicted molar refractivity (Wildman–Crippen MR) is 92.1 cm³/mol. The summed E-state index contributed by atoms with van der Waals surface area (Å²) >= 11 is 0. The molecule has 1 N–H and O–H groups in total. The highest BCUT2D eigenvalue weighted by atomic mass is 35.5. The quantitative estimate of drug-likeness (QED) is 0.921. The molecule has 0 radical (unpaired) electrons. The maximum absolute atomic E-state index is 12.4. The Hall–Kier alpha value is -1.30. The molecule has 0 spiro atoms. The first-order chi connectivity index (χ1) is 9.78. The highest BCUT2D eigenvalue weighted by molar-refractivity contribution is 5.85. The van der Waals surface area contributed by atoms with Gasteiger partial charge in [-0.05, 0) is 32.0 Å². The van der Waals surface area contributed by atoms with Gasteiger partial charge >= 0.3 is 0 Å². The zero-order valence-corrected chi connectivity index (χ0v) is 14.2. The van der Waals surface area contributed by atoms with Crippen molar-refractivity contribution in [3.05, 3.63) is 36.3 Å². The minimum atomic E-state index is 0. The number of halogens is 2. The molecule has 7 heteroatoms. The fourth-order valence-corrected chi connectivity index (χ4v) is 2.94. The van der Waals surface area contributed by atoms with E-state index < -0.39 is 0 Å². The molecule has 2 aromatic heterocycles. The first kappa shape index (κ1) is 18.7. The van der Waals surface area contributed by atoms with Crippen molar-refractivity contribution in [2.24, 2.45) is 0 Å². The van der Waals surface area contributed by atoms with Crippen LogP contribution in [0.3, 0.4) is 0 Å². The number of nitrogens with zero attached hydrogens (tertiary/aromatic N) is 3. The van der Waals surface area contributed by atoms with E-state index in [4.69, 9.17) is 0 Å². The number of aromatic nitrogens is 2.